The monoisotopic (exact) mass is 263 g/mol. The summed E-state index contributed by atoms with van der Waals surface area (Å²) in [6.07, 6.45) is 1.88. The first-order chi connectivity index (χ1) is 9.36. The van der Waals surface area contributed by atoms with Gasteiger partial charge in [0.1, 0.15) is 5.75 Å². The van der Waals surface area contributed by atoms with Gasteiger partial charge in [-0.3, -0.25) is 0 Å². The summed E-state index contributed by atoms with van der Waals surface area (Å²) in [5.74, 6) is 0.783. The SMILES string of the molecule is CCCOCCOCCCOc1ccc(C#N)cc1. The molecular formula is C15H21NO3. The second kappa shape index (κ2) is 10.4. The van der Waals surface area contributed by atoms with Gasteiger partial charge in [-0.25, -0.2) is 0 Å². The van der Waals surface area contributed by atoms with E-state index in [1.807, 2.05) is 0 Å². The van der Waals surface area contributed by atoms with Crippen LogP contribution in [0.1, 0.15) is 25.3 Å². The average molecular weight is 263 g/mol. The van der Waals surface area contributed by atoms with E-state index in [1.165, 1.54) is 0 Å². The van der Waals surface area contributed by atoms with E-state index in [4.69, 9.17) is 19.5 Å². The van der Waals surface area contributed by atoms with Crippen molar-refractivity contribution in [3.8, 4) is 11.8 Å². The molecule has 0 saturated heterocycles. The van der Waals surface area contributed by atoms with E-state index in [0.29, 0.717) is 32.0 Å². The van der Waals surface area contributed by atoms with E-state index < -0.39 is 0 Å². The molecule has 0 heterocycles. The Labute approximate surface area is 114 Å². The molecular weight excluding hydrogens is 242 g/mol. The predicted molar refractivity (Wildman–Crippen MR) is 73.2 cm³/mol. The van der Waals surface area contributed by atoms with Crippen molar-refractivity contribution in [2.24, 2.45) is 0 Å². The maximum atomic E-state index is 8.66. The van der Waals surface area contributed by atoms with Crippen molar-refractivity contribution in [1.82, 2.24) is 0 Å². The molecule has 0 aliphatic rings. The maximum Gasteiger partial charge on any atom is 0.119 e. The maximum absolute atomic E-state index is 8.66. The molecule has 0 aliphatic carbocycles. The van der Waals surface area contributed by atoms with Crippen molar-refractivity contribution in [2.45, 2.75) is 19.8 Å². The molecule has 0 spiro atoms. The van der Waals surface area contributed by atoms with Gasteiger partial charge in [0.2, 0.25) is 0 Å². The largest absolute Gasteiger partial charge is 0.494 e. The van der Waals surface area contributed by atoms with Gasteiger partial charge in [-0.15, -0.1) is 0 Å². The number of ether oxygens (including phenoxy) is 3. The summed E-state index contributed by atoms with van der Waals surface area (Å²) < 4.78 is 16.2. The number of nitriles is 1. The number of benzene rings is 1. The normalized spacial score (nSPS) is 10.1. The minimum atomic E-state index is 0.613. The predicted octanol–water partition coefficient (Wildman–Crippen LogP) is 2.77. The quantitative estimate of drug-likeness (QED) is 0.609. The Bertz CT molecular complexity index is 370. The third kappa shape index (κ3) is 7.45. The van der Waals surface area contributed by atoms with E-state index in [9.17, 15) is 0 Å². The molecule has 1 rings (SSSR count). The van der Waals surface area contributed by atoms with Crippen LogP contribution in [0.2, 0.25) is 0 Å². The molecule has 0 atom stereocenters. The standard InChI is InChI=1S/C15H21NO3/c1-2-8-17-11-12-18-9-3-10-19-15-6-4-14(13-16)5-7-15/h4-7H,2-3,8-12H2,1H3. The fourth-order valence-corrected chi connectivity index (χ4v) is 1.44. The Kier molecular flexibility index (Phi) is 8.45. The highest BCUT2D eigenvalue weighted by Gasteiger charge is 1.95. The van der Waals surface area contributed by atoms with Gasteiger partial charge in [0, 0.05) is 19.6 Å². The van der Waals surface area contributed by atoms with Crippen molar-refractivity contribution in [3.63, 3.8) is 0 Å². The molecule has 0 amide bonds. The molecule has 104 valence electrons. The zero-order valence-corrected chi connectivity index (χ0v) is 11.4. The van der Waals surface area contributed by atoms with Crippen LogP contribution in [0.15, 0.2) is 24.3 Å². The van der Waals surface area contributed by atoms with Crippen LogP contribution in [-0.4, -0.2) is 33.0 Å². The number of hydrogen-bond acceptors (Lipinski definition) is 4. The van der Waals surface area contributed by atoms with Crippen molar-refractivity contribution < 1.29 is 14.2 Å². The zero-order chi connectivity index (χ0) is 13.8. The smallest absolute Gasteiger partial charge is 0.119 e. The lowest BCUT2D eigenvalue weighted by atomic mass is 10.2. The van der Waals surface area contributed by atoms with Crippen LogP contribution >= 0.6 is 0 Å². The van der Waals surface area contributed by atoms with E-state index in [2.05, 4.69) is 13.0 Å². The second-order valence-corrected chi connectivity index (χ2v) is 4.06. The third-order valence-electron chi connectivity index (χ3n) is 2.41. The molecule has 0 bridgehead atoms. The Morgan fingerprint density at radius 1 is 0.947 bits per heavy atom. The molecule has 0 N–H and O–H groups in total. The minimum absolute atomic E-state index is 0.613. The van der Waals surface area contributed by atoms with Crippen molar-refractivity contribution in [2.75, 3.05) is 33.0 Å². The highest BCUT2D eigenvalue weighted by atomic mass is 16.5. The fraction of sp³-hybridized carbons (Fsp3) is 0.533. The Hall–Kier alpha value is -1.57. The van der Waals surface area contributed by atoms with E-state index in [1.54, 1.807) is 24.3 Å². The summed E-state index contributed by atoms with van der Waals surface area (Å²) in [4.78, 5) is 0. The molecule has 4 nitrogen and oxygen atoms in total. The van der Waals surface area contributed by atoms with Gasteiger partial charge in [-0.05, 0) is 30.7 Å². The van der Waals surface area contributed by atoms with Crippen LogP contribution in [0.5, 0.6) is 5.75 Å². The summed E-state index contributed by atoms with van der Waals surface area (Å²) in [7, 11) is 0. The van der Waals surface area contributed by atoms with Gasteiger partial charge >= 0.3 is 0 Å². The number of rotatable bonds is 10. The molecule has 0 saturated carbocycles. The van der Waals surface area contributed by atoms with Crippen LogP contribution in [0.3, 0.4) is 0 Å². The molecule has 0 unspecified atom stereocenters. The molecule has 1 aromatic carbocycles. The van der Waals surface area contributed by atoms with Crippen molar-refractivity contribution in [1.29, 1.82) is 5.26 Å². The number of nitrogens with zero attached hydrogens (tertiary/aromatic N) is 1. The summed E-state index contributed by atoms with van der Waals surface area (Å²) >= 11 is 0. The molecule has 0 fully saturated rings. The Morgan fingerprint density at radius 3 is 2.26 bits per heavy atom. The van der Waals surface area contributed by atoms with Gasteiger partial charge < -0.3 is 14.2 Å². The van der Waals surface area contributed by atoms with E-state index in [-0.39, 0.29) is 0 Å². The van der Waals surface area contributed by atoms with Crippen LogP contribution in [0.25, 0.3) is 0 Å². The first kappa shape index (κ1) is 15.5. The van der Waals surface area contributed by atoms with Crippen LogP contribution < -0.4 is 4.74 Å². The van der Waals surface area contributed by atoms with Gasteiger partial charge in [-0.2, -0.15) is 5.26 Å². The molecule has 0 aliphatic heterocycles. The summed E-state index contributed by atoms with van der Waals surface area (Å²) in [5, 5.41) is 8.66. The lowest BCUT2D eigenvalue weighted by Crippen LogP contribution is -2.08. The highest BCUT2D eigenvalue weighted by molar-refractivity contribution is 5.34. The molecule has 19 heavy (non-hydrogen) atoms. The molecule has 4 heteroatoms. The van der Waals surface area contributed by atoms with Crippen LogP contribution in [0, 0.1) is 11.3 Å². The molecule has 0 aromatic heterocycles. The average Bonchev–Trinajstić information content (AvgIpc) is 2.46. The zero-order valence-electron chi connectivity index (χ0n) is 11.4. The first-order valence-corrected chi connectivity index (χ1v) is 6.65. The van der Waals surface area contributed by atoms with Gasteiger partial charge in [0.15, 0.2) is 0 Å². The minimum Gasteiger partial charge on any atom is -0.494 e. The fourth-order valence-electron chi connectivity index (χ4n) is 1.44. The summed E-state index contributed by atoms with van der Waals surface area (Å²) in [5.41, 5.74) is 0.641. The van der Waals surface area contributed by atoms with Gasteiger partial charge in [0.05, 0.1) is 31.5 Å². The summed E-state index contributed by atoms with van der Waals surface area (Å²) in [6, 6.07) is 9.17. The lowest BCUT2D eigenvalue weighted by molar-refractivity contribution is 0.0438. The van der Waals surface area contributed by atoms with Crippen LogP contribution in [-0.2, 0) is 9.47 Å². The third-order valence-corrected chi connectivity index (χ3v) is 2.41. The lowest BCUT2D eigenvalue weighted by Gasteiger charge is -2.07. The highest BCUT2D eigenvalue weighted by Crippen LogP contribution is 2.11. The van der Waals surface area contributed by atoms with E-state index in [0.717, 1.165) is 25.2 Å². The number of hydrogen-bond donors (Lipinski definition) is 0. The topological polar surface area (TPSA) is 51.5 Å². The molecule has 0 radical (unpaired) electrons. The van der Waals surface area contributed by atoms with Crippen LogP contribution in [0.4, 0.5) is 0 Å². The summed E-state index contributed by atoms with van der Waals surface area (Å²) in [6.45, 7) is 5.46. The van der Waals surface area contributed by atoms with Crippen molar-refractivity contribution >= 4 is 0 Å². The Morgan fingerprint density at radius 2 is 1.63 bits per heavy atom. The first-order valence-electron chi connectivity index (χ1n) is 6.65. The Balaban J connectivity index is 1.97. The molecule has 1 aromatic rings. The van der Waals surface area contributed by atoms with Gasteiger partial charge in [-0.1, -0.05) is 6.92 Å². The second-order valence-electron chi connectivity index (χ2n) is 4.06. The van der Waals surface area contributed by atoms with Crippen molar-refractivity contribution in [3.05, 3.63) is 29.8 Å². The van der Waals surface area contributed by atoms with Gasteiger partial charge in [0.25, 0.3) is 0 Å². The van der Waals surface area contributed by atoms with E-state index >= 15 is 0 Å².